The van der Waals surface area contributed by atoms with Gasteiger partial charge in [-0.25, -0.2) is 9.48 Å². The lowest BCUT2D eigenvalue weighted by Crippen LogP contribution is -2.51. The minimum atomic E-state index is -1.20. The maximum atomic E-state index is 13.3. The Bertz CT molecular complexity index is 1130. The van der Waals surface area contributed by atoms with Crippen molar-refractivity contribution in [1.82, 2.24) is 20.0 Å². The quantitative estimate of drug-likeness (QED) is 0.503. The molecular weight excluding hydrogens is 430 g/mol. The van der Waals surface area contributed by atoms with Gasteiger partial charge >= 0.3 is 6.03 Å². The van der Waals surface area contributed by atoms with Crippen molar-refractivity contribution in [1.29, 1.82) is 0 Å². The first-order valence-corrected chi connectivity index (χ1v) is 11.8. The van der Waals surface area contributed by atoms with Gasteiger partial charge < -0.3 is 15.2 Å². The molecule has 8 heteroatoms. The third-order valence-corrected chi connectivity index (χ3v) is 6.81. The molecule has 1 fully saturated rings. The highest BCUT2D eigenvalue weighted by molar-refractivity contribution is 5.90. The van der Waals surface area contributed by atoms with Crippen LogP contribution < -0.4 is 10.6 Å². The number of hydrogen-bond acceptors (Lipinski definition) is 5. The van der Waals surface area contributed by atoms with E-state index in [1.165, 1.54) is 0 Å². The van der Waals surface area contributed by atoms with Gasteiger partial charge in [-0.1, -0.05) is 48.5 Å². The first-order valence-electron chi connectivity index (χ1n) is 11.8. The number of carbonyl (C=O) groups is 1. The molecule has 2 unspecified atom stereocenters. The highest BCUT2D eigenvalue weighted by atomic mass is 16.5. The lowest BCUT2D eigenvalue weighted by atomic mass is 9.89. The fourth-order valence-corrected chi connectivity index (χ4v) is 5.08. The van der Waals surface area contributed by atoms with Crippen LogP contribution in [0.2, 0.25) is 0 Å². The molecule has 2 aliphatic rings. The van der Waals surface area contributed by atoms with Gasteiger partial charge in [0, 0.05) is 32.3 Å². The predicted octanol–water partition coefficient (Wildman–Crippen LogP) is 2.70. The van der Waals surface area contributed by atoms with E-state index in [0.717, 1.165) is 41.8 Å². The number of likely N-dealkylation sites (tertiary alicyclic amines) is 1. The number of rotatable bonds is 7. The molecule has 1 aliphatic heterocycles. The van der Waals surface area contributed by atoms with Gasteiger partial charge in [0.05, 0.1) is 24.0 Å². The number of carbonyl (C=O) groups excluding carboxylic acids is 1. The minimum absolute atomic E-state index is 0.347. The van der Waals surface area contributed by atoms with E-state index in [4.69, 9.17) is 9.84 Å². The van der Waals surface area contributed by atoms with Crippen molar-refractivity contribution in [2.45, 2.75) is 30.9 Å². The largest absolute Gasteiger partial charge is 0.383 e. The molecule has 0 spiro atoms. The SMILES string of the molecule is COCCN1CC(NC(=O)Nc2c3c(nn2-c2ccccc2)CCC3)C(O)(c2ccccc2)C1. The number of methoxy groups -OCH3 is 1. The molecule has 2 heterocycles. The summed E-state index contributed by atoms with van der Waals surface area (Å²) in [5.41, 5.74) is 2.61. The van der Waals surface area contributed by atoms with E-state index in [2.05, 4.69) is 15.5 Å². The first-order chi connectivity index (χ1) is 16.6. The summed E-state index contributed by atoms with van der Waals surface area (Å²) in [6.07, 6.45) is 2.84. The second-order valence-electron chi connectivity index (χ2n) is 9.04. The van der Waals surface area contributed by atoms with Crippen LogP contribution in [0.5, 0.6) is 0 Å². The van der Waals surface area contributed by atoms with Crippen LogP contribution in [0.25, 0.3) is 5.69 Å². The number of amides is 2. The lowest BCUT2D eigenvalue weighted by Gasteiger charge is -2.30. The van der Waals surface area contributed by atoms with E-state index in [9.17, 15) is 9.90 Å². The number of aliphatic hydroxyl groups is 1. The number of nitrogens with zero attached hydrogens (tertiary/aromatic N) is 3. The van der Waals surface area contributed by atoms with Gasteiger partial charge in [0.25, 0.3) is 0 Å². The summed E-state index contributed by atoms with van der Waals surface area (Å²) in [5.74, 6) is 0.702. The molecule has 1 aliphatic carbocycles. The molecule has 1 saturated heterocycles. The number of benzene rings is 2. The zero-order chi connectivity index (χ0) is 23.5. The predicted molar refractivity (Wildman–Crippen MR) is 130 cm³/mol. The third-order valence-electron chi connectivity index (χ3n) is 6.81. The van der Waals surface area contributed by atoms with Crippen LogP contribution in [-0.2, 0) is 23.2 Å². The molecule has 0 saturated carbocycles. The van der Waals surface area contributed by atoms with Crippen molar-refractivity contribution in [3.63, 3.8) is 0 Å². The number of nitrogens with one attached hydrogen (secondary N) is 2. The molecule has 1 aromatic heterocycles. The standard InChI is InChI=1S/C26H31N5O3/c1-34-16-15-30-17-23(26(33,18-30)19-9-4-2-5-10-19)27-25(32)28-24-21-13-8-14-22(21)29-31(24)20-11-6-3-7-12-20/h2-7,9-12,23,33H,8,13-18H2,1H3,(H2,27,28,32). The average Bonchev–Trinajstić information content (AvgIpc) is 3.54. The fraction of sp³-hybridized carbons (Fsp3) is 0.385. The Labute approximate surface area is 199 Å². The van der Waals surface area contributed by atoms with Gasteiger partial charge in [0.15, 0.2) is 0 Å². The van der Waals surface area contributed by atoms with Gasteiger partial charge in [0.1, 0.15) is 11.4 Å². The summed E-state index contributed by atoms with van der Waals surface area (Å²) in [5, 5.41) is 22.6. The molecule has 2 amide bonds. The lowest BCUT2D eigenvalue weighted by molar-refractivity contribution is 0.0244. The van der Waals surface area contributed by atoms with Crippen LogP contribution in [0.15, 0.2) is 60.7 Å². The summed E-state index contributed by atoms with van der Waals surface area (Å²) >= 11 is 0. The zero-order valence-electron chi connectivity index (χ0n) is 19.4. The van der Waals surface area contributed by atoms with Crippen molar-refractivity contribution in [3.8, 4) is 5.69 Å². The van der Waals surface area contributed by atoms with Gasteiger partial charge in [-0.3, -0.25) is 10.2 Å². The van der Waals surface area contributed by atoms with Crippen LogP contribution in [0.3, 0.4) is 0 Å². The van der Waals surface area contributed by atoms with Crippen molar-refractivity contribution in [2.75, 3.05) is 38.7 Å². The maximum absolute atomic E-state index is 13.3. The normalized spacial score (nSPS) is 22.0. The van der Waals surface area contributed by atoms with Crippen molar-refractivity contribution >= 4 is 11.8 Å². The Kier molecular flexibility index (Phi) is 6.36. The highest BCUT2D eigenvalue weighted by Crippen LogP contribution is 2.33. The molecule has 2 atom stereocenters. The number of hydrogen-bond donors (Lipinski definition) is 3. The summed E-state index contributed by atoms with van der Waals surface area (Å²) in [7, 11) is 1.66. The number of urea groups is 1. The Morgan fingerprint density at radius 3 is 2.62 bits per heavy atom. The molecule has 34 heavy (non-hydrogen) atoms. The molecular formula is C26H31N5O3. The van der Waals surface area contributed by atoms with E-state index in [1.807, 2.05) is 65.3 Å². The Morgan fingerprint density at radius 2 is 1.88 bits per heavy atom. The molecule has 5 rings (SSSR count). The molecule has 3 N–H and O–H groups in total. The first kappa shape index (κ1) is 22.6. The number of para-hydroxylation sites is 1. The van der Waals surface area contributed by atoms with Crippen molar-refractivity contribution in [2.24, 2.45) is 0 Å². The smallest absolute Gasteiger partial charge is 0.320 e. The number of anilines is 1. The summed E-state index contributed by atoms with van der Waals surface area (Å²) in [6.45, 7) is 2.19. The molecule has 0 radical (unpaired) electrons. The van der Waals surface area contributed by atoms with E-state index in [-0.39, 0.29) is 6.03 Å². The van der Waals surface area contributed by atoms with Gasteiger partial charge in [-0.2, -0.15) is 5.10 Å². The number of aryl methyl sites for hydroxylation is 1. The summed E-state index contributed by atoms with van der Waals surface area (Å²) in [6, 6.07) is 18.5. The molecule has 2 aromatic carbocycles. The van der Waals surface area contributed by atoms with Gasteiger partial charge in [-0.15, -0.1) is 0 Å². The molecule has 0 bridgehead atoms. The average molecular weight is 462 g/mol. The Balaban J connectivity index is 1.39. The number of β-amino-alcohol motifs (C(OH)–C–C–N with tert-alkyl or cyclic N) is 1. The van der Waals surface area contributed by atoms with Crippen LogP contribution in [0.1, 0.15) is 23.2 Å². The van der Waals surface area contributed by atoms with E-state index < -0.39 is 11.6 Å². The molecule has 3 aromatic rings. The molecule has 178 valence electrons. The van der Waals surface area contributed by atoms with E-state index >= 15 is 0 Å². The Morgan fingerprint density at radius 1 is 1.15 bits per heavy atom. The summed E-state index contributed by atoms with van der Waals surface area (Å²) < 4.78 is 7.04. The number of aromatic nitrogens is 2. The van der Waals surface area contributed by atoms with Crippen LogP contribution in [-0.4, -0.2) is 65.2 Å². The monoisotopic (exact) mass is 461 g/mol. The fourth-order valence-electron chi connectivity index (χ4n) is 5.08. The van der Waals surface area contributed by atoms with Gasteiger partial charge in [-0.05, 0) is 37.0 Å². The van der Waals surface area contributed by atoms with Gasteiger partial charge in [0.2, 0.25) is 0 Å². The number of ether oxygens (including phenoxy) is 1. The van der Waals surface area contributed by atoms with Crippen LogP contribution in [0.4, 0.5) is 10.6 Å². The van der Waals surface area contributed by atoms with Crippen LogP contribution >= 0.6 is 0 Å². The minimum Gasteiger partial charge on any atom is -0.383 e. The maximum Gasteiger partial charge on any atom is 0.320 e. The third kappa shape index (κ3) is 4.32. The molecule has 8 nitrogen and oxygen atoms in total. The number of fused-ring (bicyclic) bond motifs is 1. The second-order valence-corrected chi connectivity index (χ2v) is 9.04. The second kappa shape index (κ2) is 9.58. The van der Waals surface area contributed by atoms with Crippen molar-refractivity contribution in [3.05, 3.63) is 77.5 Å². The van der Waals surface area contributed by atoms with Crippen molar-refractivity contribution < 1.29 is 14.6 Å². The zero-order valence-corrected chi connectivity index (χ0v) is 19.4. The topological polar surface area (TPSA) is 91.7 Å². The summed E-state index contributed by atoms with van der Waals surface area (Å²) in [4.78, 5) is 15.4. The van der Waals surface area contributed by atoms with E-state index in [0.29, 0.717) is 32.1 Å². The van der Waals surface area contributed by atoms with Crippen LogP contribution in [0, 0.1) is 0 Å². The Hall–Kier alpha value is -3.20. The van der Waals surface area contributed by atoms with E-state index in [1.54, 1.807) is 7.11 Å². The highest BCUT2D eigenvalue weighted by Gasteiger charge is 2.47.